The van der Waals surface area contributed by atoms with Gasteiger partial charge in [0.2, 0.25) is 5.91 Å². The molecule has 1 amide bonds. The summed E-state index contributed by atoms with van der Waals surface area (Å²) in [5, 5.41) is 6.40. The summed E-state index contributed by atoms with van der Waals surface area (Å²) in [5.74, 6) is 1.29. The molecule has 3 atom stereocenters. The molecular formula is C16H24N2O2. The van der Waals surface area contributed by atoms with Gasteiger partial charge in [0.05, 0.1) is 19.2 Å². The molecule has 20 heavy (non-hydrogen) atoms. The fourth-order valence-corrected chi connectivity index (χ4v) is 2.70. The number of piperidine rings is 1. The zero-order chi connectivity index (χ0) is 14.5. The van der Waals surface area contributed by atoms with Gasteiger partial charge in [-0.25, -0.2) is 0 Å². The van der Waals surface area contributed by atoms with E-state index < -0.39 is 0 Å². The largest absolute Gasteiger partial charge is 0.497 e. The van der Waals surface area contributed by atoms with E-state index in [1.165, 1.54) is 0 Å². The number of ether oxygens (including phenoxy) is 1. The van der Waals surface area contributed by atoms with Crippen LogP contribution in [0.2, 0.25) is 0 Å². The summed E-state index contributed by atoms with van der Waals surface area (Å²) in [5.41, 5.74) is 1.06. The number of hydrogen-bond donors (Lipinski definition) is 2. The van der Waals surface area contributed by atoms with E-state index in [-0.39, 0.29) is 18.0 Å². The van der Waals surface area contributed by atoms with Crippen LogP contribution in [0.1, 0.15) is 38.3 Å². The van der Waals surface area contributed by atoms with Crippen molar-refractivity contribution in [3.63, 3.8) is 0 Å². The molecule has 0 bridgehead atoms. The lowest BCUT2D eigenvalue weighted by Crippen LogP contribution is -2.51. The standard InChI is InChI=1S/C16H24N2O2/c1-11-6-5-9-17-15(11)16(19)18-12(2)13-7-4-8-14(10-13)20-3/h4,7-8,10-12,15,17H,5-6,9H2,1-3H3,(H,18,19). The van der Waals surface area contributed by atoms with Gasteiger partial charge in [-0.1, -0.05) is 19.1 Å². The second kappa shape index (κ2) is 6.75. The molecule has 0 aliphatic carbocycles. The molecule has 0 radical (unpaired) electrons. The summed E-state index contributed by atoms with van der Waals surface area (Å²) in [6.45, 7) is 5.06. The van der Waals surface area contributed by atoms with Crippen LogP contribution < -0.4 is 15.4 Å². The second-order valence-corrected chi connectivity index (χ2v) is 5.56. The second-order valence-electron chi connectivity index (χ2n) is 5.56. The summed E-state index contributed by atoms with van der Waals surface area (Å²) in [7, 11) is 1.65. The summed E-state index contributed by atoms with van der Waals surface area (Å²) in [4.78, 5) is 12.3. The highest BCUT2D eigenvalue weighted by Gasteiger charge is 2.28. The number of carbonyl (C=O) groups is 1. The maximum absolute atomic E-state index is 12.3. The molecule has 0 aromatic heterocycles. The van der Waals surface area contributed by atoms with Crippen molar-refractivity contribution in [3.8, 4) is 5.75 Å². The van der Waals surface area contributed by atoms with Crippen molar-refractivity contribution in [3.05, 3.63) is 29.8 Å². The fourth-order valence-electron chi connectivity index (χ4n) is 2.70. The van der Waals surface area contributed by atoms with Crippen molar-refractivity contribution in [1.29, 1.82) is 0 Å². The van der Waals surface area contributed by atoms with Crippen molar-refractivity contribution in [2.75, 3.05) is 13.7 Å². The Bertz CT molecular complexity index is 462. The Morgan fingerprint density at radius 2 is 2.30 bits per heavy atom. The lowest BCUT2D eigenvalue weighted by Gasteiger charge is -2.30. The van der Waals surface area contributed by atoms with Crippen LogP contribution in [0, 0.1) is 5.92 Å². The minimum absolute atomic E-state index is 0.0199. The first kappa shape index (κ1) is 14.9. The van der Waals surface area contributed by atoms with E-state index in [4.69, 9.17) is 4.74 Å². The molecule has 1 aromatic carbocycles. The number of hydrogen-bond acceptors (Lipinski definition) is 3. The molecular weight excluding hydrogens is 252 g/mol. The Balaban J connectivity index is 1.99. The Morgan fingerprint density at radius 1 is 1.50 bits per heavy atom. The number of rotatable bonds is 4. The van der Waals surface area contributed by atoms with Gasteiger partial charge in [-0.2, -0.15) is 0 Å². The Labute approximate surface area is 120 Å². The van der Waals surface area contributed by atoms with Crippen LogP contribution in [0.5, 0.6) is 5.75 Å². The van der Waals surface area contributed by atoms with E-state index in [0.29, 0.717) is 5.92 Å². The highest BCUT2D eigenvalue weighted by atomic mass is 16.5. The Kier molecular flexibility index (Phi) is 5.01. The van der Waals surface area contributed by atoms with E-state index in [9.17, 15) is 4.79 Å². The first-order valence-corrected chi connectivity index (χ1v) is 7.29. The van der Waals surface area contributed by atoms with Gasteiger partial charge in [-0.3, -0.25) is 4.79 Å². The van der Waals surface area contributed by atoms with E-state index >= 15 is 0 Å². The molecule has 1 saturated heterocycles. The quantitative estimate of drug-likeness (QED) is 0.887. The SMILES string of the molecule is COc1cccc(C(C)NC(=O)C2NCCCC2C)c1. The molecule has 0 saturated carbocycles. The minimum Gasteiger partial charge on any atom is -0.497 e. The van der Waals surface area contributed by atoms with Gasteiger partial charge >= 0.3 is 0 Å². The number of benzene rings is 1. The number of nitrogens with one attached hydrogen (secondary N) is 2. The summed E-state index contributed by atoms with van der Waals surface area (Å²) in [6, 6.07) is 7.72. The van der Waals surface area contributed by atoms with Crippen molar-refractivity contribution in [2.45, 2.75) is 38.8 Å². The lowest BCUT2D eigenvalue weighted by molar-refractivity contribution is -0.125. The third kappa shape index (κ3) is 3.51. The smallest absolute Gasteiger partial charge is 0.237 e. The van der Waals surface area contributed by atoms with E-state index in [2.05, 4.69) is 17.6 Å². The molecule has 1 aliphatic heterocycles. The van der Waals surface area contributed by atoms with Crippen LogP contribution >= 0.6 is 0 Å². The Hall–Kier alpha value is -1.55. The van der Waals surface area contributed by atoms with E-state index in [0.717, 1.165) is 30.7 Å². The van der Waals surface area contributed by atoms with Crippen LogP contribution in [-0.4, -0.2) is 25.6 Å². The van der Waals surface area contributed by atoms with Crippen LogP contribution in [-0.2, 0) is 4.79 Å². The molecule has 4 heteroatoms. The topological polar surface area (TPSA) is 50.4 Å². The van der Waals surface area contributed by atoms with E-state index in [1.54, 1.807) is 7.11 Å². The van der Waals surface area contributed by atoms with Crippen molar-refractivity contribution < 1.29 is 9.53 Å². The van der Waals surface area contributed by atoms with Crippen LogP contribution in [0.3, 0.4) is 0 Å². The van der Waals surface area contributed by atoms with Crippen molar-refractivity contribution >= 4 is 5.91 Å². The predicted octanol–water partition coefficient (Wildman–Crippen LogP) is 2.26. The molecule has 3 unspecified atom stereocenters. The third-order valence-electron chi connectivity index (χ3n) is 4.00. The predicted molar refractivity (Wildman–Crippen MR) is 79.7 cm³/mol. The van der Waals surface area contributed by atoms with Gasteiger partial charge in [0.1, 0.15) is 5.75 Å². The number of amides is 1. The molecule has 1 aromatic rings. The van der Waals surface area contributed by atoms with Gasteiger partial charge in [0.25, 0.3) is 0 Å². The summed E-state index contributed by atoms with van der Waals surface area (Å²) in [6.07, 6.45) is 2.26. The van der Waals surface area contributed by atoms with E-state index in [1.807, 2.05) is 31.2 Å². The fraction of sp³-hybridized carbons (Fsp3) is 0.562. The Morgan fingerprint density at radius 3 is 3.00 bits per heavy atom. The molecule has 2 N–H and O–H groups in total. The molecule has 4 nitrogen and oxygen atoms in total. The van der Waals surface area contributed by atoms with Gasteiger partial charge in [0.15, 0.2) is 0 Å². The molecule has 2 rings (SSSR count). The van der Waals surface area contributed by atoms with Gasteiger partial charge in [-0.15, -0.1) is 0 Å². The first-order chi connectivity index (χ1) is 9.61. The first-order valence-electron chi connectivity index (χ1n) is 7.29. The molecule has 0 spiro atoms. The third-order valence-corrected chi connectivity index (χ3v) is 4.00. The van der Waals surface area contributed by atoms with Gasteiger partial charge < -0.3 is 15.4 Å². The molecule has 110 valence electrons. The normalized spacial score (nSPS) is 23.9. The molecule has 1 fully saturated rings. The monoisotopic (exact) mass is 276 g/mol. The summed E-state index contributed by atoms with van der Waals surface area (Å²) >= 11 is 0. The molecule has 1 aliphatic rings. The van der Waals surface area contributed by atoms with Gasteiger partial charge in [-0.05, 0) is 49.9 Å². The average molecular weight is 276 g/mol. The average Bonchev–Trinajstić information content (AvgIpc) is 2.47. The van der Waals surface area contributed by atoms with Crippen molar-refractivity contribution in [2.24, 2.45) is 5.92 Å². The molecule has 1 heterocycles. The van der Waals surface area contributed by atoms with Crippen LogP contribution in [0.4, 0.5) is 0 Å². The number of methoxy groups -OCH3 is 1. The van der Waals surface area contributed by atoms with Crippen LogP contribution in [0.25, 0.3) is 0 Å². The summed E-state index contributed by atoms with van der Waals surface area (Å²) < 4.78 is 5.22. The van der Waals surface area contributed by atoms with Crippen molar-refractivity contribution in [1.82, 2.24) is 10.6 Å². The zero-order valence-electron chi connectivity index (χ0n) is 12.5. The maximum atomic E-state index is 12.3. The van der Waals surface area contributed by atoms with Crippen LogP contribution in [0.15, 0.2) is 24.3 Å². The highest BCUT2D eigenvalue weighted by molar-refractivity contribution is 5.82. The zero-order valence-corrected chi connectivity index (χ0v) is 12.5. The van der Waals surface area contributed by atoms with Gasteiger partial charge in [0, 0.05) is 0 Å². The maximum Gasteiger partial charge on any atom is 0.237 e. The highest BCUT2D eigenvalue weighted by Crippen LogP contribution is 2.20. The number of carbonyl (C=O) groups excluding carboxylic acids is 1. The minimum atomic E-state index is -0.0724. The lowest BCUT2D eigenvalue weighted by atomic mass is 9.92.